The SMILES string of the molecule is CCCCOC(=O)c1ccc(C(=O)OCc2ccccc2F)cc1. The summed E-state index contributed by atoms with van der Waals surface area (Å²) in [5, 5.41) is 0. The van der Waals surface area contributed by atoms with Gasteiger partial charge in [-0.15, -0.1) is 0 Å². The zero-order valence-corrected chi connectivity index (χ0v) is 13.5. The highest BCUT2D eigenvalue weighted by Gasteiger charge is 2.12. The van der Waals surface area contributed by atoms with Crippen LogP contribution in [0.15, 0.2) is 48.5 Å². The molecule has 0 heterocycles. The molecule has 126 valence electrons. The molecule has 0 aromatic heterocycles. The van der Waals surface area contributed by atoms with Crippen LogP contribution < -0.4 is 0 Å². The predicted octanol–water partition coefficient (Wildman–Crippen LogP) is 4.14. The monoisotopic (exact) mass is 330 g/mol. The van der Waals surface area contributed by atoms with Crippen molar-refractivity contribution in [2.45, 2.75) is 26.4 Å². The van der Waals surface area contributed by atoms with Gasteiger partial charge in [-0.2, -0.15) is 0 Å². The van der Waals surface area contributed by atoms with E-state index < -0.39 is 17.8 Å². The van der Waals surface area contributed by atoms with Gasteiger partial charge in [0.05, 0.1) is 17.7 Å². The van der Waals surface area contributed by atoms with Gasteiger partial charge < -0.3 is 9.47 Å². The summed E-state index contributed by atoms with van der Waals surface area (Å²) in [4.78, 5) is 23.7. The van der Waals surface area contributed by atoms with Crippen molar-refractivity contribution < 1.29 is 23.5 Å². The lowest BCUT2D eigenvalue weighted by molar-refractivity contribution is 0.0463. The maximum absolute atomic E-state index is 13.5. The highest BCUT2D eigenvalue weighted by atomic mass is 19.1. The van der Waals surface area contributed by atoms with Gasteiger partial charge >= 0.3 is 11.9 Å². The van der Waals surface area contributed by atoms with E-state index in [-0.39, 0.29) is 12.2 Å². The predicted molar refractivity (Wildman–Crippen MR) is 87.2 cm³/mol. The minimum atomic E-state index is -0.579. The maximum atomic E-state index is 13.5. The Labute approximate surface area is 140 Å². The highest BCUT2D eigenvalue weighted by Crippen LogP contribution is 2.11. The largest absolute Gasteiger partial charge is 0.462 e. The van der Waals surface area contributed by atoms with Crippen LogP contribution in [0.3, 0.4) is 0 Å². The molecule has 24 heavy (non-hydrogen) atoms. The molecule has 4 nitrogen and oxygen atoms in total. The number of unbranched alkanes of at least 4 members (excludes halogenated alkanes) is 1. The van der Waals surface area contributed by atoms with E-state index >= 15 is 0 Å². The molecule has 0 bridgehead atoms. The molecule has 0 aliphatic heterocycles. The number of rotatable bonds is 7. The van der Waals surface area contributed by atoms with Crippen LogP contribution >= 0.6 is 0 Å². The fraction of sp³-hybridized carbons (Fsp3) is 0.263. The minimum Gasteiger partial charge on any atom is -0.462 e. The van der Waals surface area contributed by atoms with Crippen molar-refractivity contribution >= 4 is 11.9 Å². The van der Waals surface area contributed by atoms with Crippen molar-refractivity contribution in [3.05, 3.63) is 71.0 Å². The molecule has 0 fully saturated rings. The average Bonchev–Trinajstić information content (AvgIpc) is 2.61. The highest BCUT2D eigenvalue weighted by molar-refractivity contribution is 5.93. The second-order valence-corrected chi connectivity index (χ2v) is 5.23. The van der Waals surface area contributed by atoms with E-state index in [1.807, 2.05) is 6.92 Å². The molecule has 5 heteroatoms. The summed E-state index contributed by atoms with van der Waals surface area (Å²) in [6.45, 7) is 2.24. The molecular weight excluding hydrogens is 311 g/mol. The van der Waals surface area contributed by atoms with Gasteiger partial charge in [-0.1, -0.05) is 31.5 Å². The van der Waals surface area contributed by atoms with Crippen molar-refractivity contribution in [3.63, 3.8) is 0 Å². The Kier molecular flexibility index (Phi) is 6.49. The van der Waals surface area contributed by atoms with E-state index in [1.165, 1.54) is 30.3 Å². The first-order valence-corrected chi connectivity index (χ1v) is 7.79. The molecule has 2 rings (SSSR count). The Balaban J connectivity index is 1.91. The summed E-state index contributed by atoms with van der Waals surface area (Å²) < 4.78 is 23.6. The molecule has 0 atom stereocenters. The molecule has 0 unspecified atom stereocenters. The third kappa shape index (κ3) is 4.91. The molecule has 2 aromatic rings. The van der Waals surface area contributed by atoms with Crippen molar-refractivity contribution in [2.24, 2.45) is 0 Å². The number of hydrogen-bond acceptors (Lipinski definition) is 4. The molecule has 2 aromatic carbocycles. The van der Waals surface area contributed by atoms with Gasteiger partial charge in [0.25, 0.3) is 0 Å². The number of esters is 2. The molecule has 0 spiro atoms. The third-order valence-electron chi connectivity index (χ3n) is 3.40. The number of carbonyl (C=O) groups excluding carboxylic acids is 2. The Morgan fingerprint density at radius 3 is 2.08 bits per heavy atom. The first kappa shape index (κ1) is 17.7. The molecule has 0 amide bonds. The Bertz CT molecular complexity index is 695. The number of benzene rings is 2. The molecule has 0 radical (unpaired) electrons. The van der Waals surface area contributed by atoms with Gasteiger partial charge in [-0.05, 0) is 36.8 Å². The topological polar surface area (TPSA) is 52.6 Å². The van der Waals surface area contributed by atoms with Gasteiger partial charge in [0, 0.05) is 5.56 Å². The first-order chi connectivity index (χ1) is 11.6. The van der Waals surface area contributed by atoms with E-state index in [1.54, 1.807) is 18.2 Å². The molecular formula is C19H19FO4. The van der Waals surface area contributed by atoms with E-state index in [2.05, 4.69) is 0 Å². The summed E-state index contributed by atoms with van der Waals surface area (Å²) in [5.74, 6) is -1.42. The number of hydrogen-bond donors (Lipinski definition) is 0. The normalized spacial score (nSPS) is 10.2. The van der Waals surface area contributed by atoms with Crippen LogP contribution in [0.25, 0.3) is 0 Å². The lowest BCUT2D eigenvalue weighted by atomic mass is 10.1. The maximum Gasteiger partial charge on any atom is 0.338 e. The zero-order valence-electron chi connectivity index (χ0n) is 13.5. The summed E-state index contributed by atoms with van der Waals surface area (Å²) in [6, 6.07) is 12.1. The van der Waals surface area contributed by atoms with Gasteiger partial charge in [-0.25, -0.2) is 14.0 Å². The van der Waals surface area contributed by atoms with Gasteiger partial charge in [0.15, 0.2) is 0 Å². The van der Waals surface area contributed by atoms with Crippen molar-refractivity contribution in [1.29, 1.82) is 0 Å². The van der Waals surface area contributed by atoms with E-state index in [0.717, 1.165) is 12.8 Å². The second kappa shape index (κ2) is 8.82. The summed E-state index contributed by atoms with van der Waals surface area (Å²) in [6.07, 6.45) is 1.76. The fourth-order valence-corrected chi connectivity index (χ4v) is 1.98. The standard InChI is InChI=1S/C19H19FO4/c1-2-3-12-23-18(21)14-8-10-15(11-9-14)19(22)24-13-16-6-4-5-7-17(16)20/h4-11H,2-3,12-13H2,1H3. The van der Waals surface area contributed by atoms with Crippen LogP contribution in [-0.4, -0.2) is 18.5 Å². The quantitative estimate of drug-likeness (QED) is 0.565. The minimum absolute atomic E-state index is 0.147. The van der Waals surface area contributed by atoms with Crippen molar-refractivity contribution in [1.82, 2.24) is 0 Å². The molecule has 0 saturated carbocycles. The summed E-state index contributed by atoms with van der Waals surface area (Å²) in [5.41, 5.74) is 0.968. The lowest BCUT2D eigenvalue weighted by Crippen LogP contribution is -2.09. The van der Waals surface area contributed by atoms with E-state index in [0.29, 0.717) is 17.7 Å². The Hall–Kier alpha value is -2.69. The second-order valence-electron chi connectivity index (χ2n) is 5.23. The first-order valence-electron chi connectivity index (χ1n) is 7.79. The van der Waals surface area contributed by atoms with E-state index in [9.17, 15) is 14.0 Å². The average molecular weight is 330 g/mol. The van der Waals surface area contributed by atoms with Gasteiger partial charge in [-0.3, -0.25) is 0 Å². The number of carbonyl (C=O) groups is 2. The Morgan fingerprint density at radius 1 is 0.917 bits per heavy atom. The van der Waals surface area contributed by atoms with Crippen molar-refractivity contribution in [2.75, 3.05) is 6.61 Å². The summed E-state index contributed by atoms with van der Waals surface area (Å²) >= 11 is 0. The van der Waals surface area contributed by atoms with Gasteiger partial charge in [0.2, 0.25) is 0 Å². The fourth-order valence-electron chi connectivity index (χ4n) is 1.98. The summed E-state index contributed by atoms with van der Waals surface area (Å²) in [7, 11) is 0. The van der Waals surface area contributed by atoms with Crippen LogP contribution in [0.2, 0.25) is 0 Å². The molecule has 0 aliphatic rings. The van der Waals surface area contributed by atoms with Gasteiger partial charge in [0.1, 0.15) is 12.4 Å². The molecule has 0 aliphatic carbocycles. The van der Waals surface area contributed by atoms with Crippen LogP contribution in [0.5, 0.6) is 0 Å². The van der Waals surface area contributed by atoms with Crippen LogP contribution in [0, 0.1) is 5.82 Å². The lowest BCUT2D eigenvalue weighted by Gasteiger charge is -2.07. The third-order valence-corrected chi connectivity index (χ3v) is 3.40. The number of ether oxygens (including phenoxy) is 2. The van der Waals surface area contributed by atoms with Crippen molar-refractivity contribution in [3.8, 4) is 0 Å². The smallest absolute Gasteiger partial charge is 0.338 e. The molecule has 0 saturated heterocycles. The van der Waals surface area contributed by atoms with Crippen LogP contribution in [0.4, 0.5) is 4.39 Å². The number of halogens is 1. The van der Waals surface area contributed by atoms with Crippen LogP contribution in [-0.2, 0) is 16.1 Å². The molecule has 0 N–H and O–H groups in total. The zero-order chi connectivity index (χ0) is 17.4. The van der Waals surface area contributed by atoms with Crippen LogP contribution in [0.1, 0.15) is 46.0 Å². The Morgan fingerprint density at radius 2 is 1.50 bits per heavy atom. The van der Waals surface area contributed by atoms with E-state index in [4.69, 9.17) is 9.47 Å².